The molecule has 1 atom stereocenters. The molecule has 0 unspecified atom stereocenters. The van der Waals surface area contributed by atoms with Gasteiger partial charge in [-0.05, 0) is 43.2 Å². The van der Waals surface area contributed by atoms with Crippen LogP contribution in [0.25, 0.3) is 0 Å². The third kappa shape index (κ3) is 6.28. The first-order chi connectivity index (χ1) is 13.8. The number of rotatable bonds is 10. The second-order valence-corrected chi connectivity index (χ2v) is 8.75. The molecule has 0 aliphatic rings. The van der Waals surface area contributed by atoms with Crippen LogP contribution in [0.4, 0.5) is 0 Å². The van der Waals surface area contributed by atoms with E-state index in [-0.39, 0.29) is 29.9 Å². The fraction of sp³-hybridized carbons (Fsp3) is 0.381. The van der Waals surface area contributed by atoms with Crippen molar-refractivity contribution >= 4 is 15.9 Å². The summed E-state index contributed by atoms with van der Waals surface area (Å²) in [6.07, 6.45) is 0. The van der Waals surface area contributed by atoms with Crippen molar-refractivity contribution in [1.82, 2.24) is 9.62 Å². The van der Waals surface area contributed by atoms with E-state index in [2.05, 4.69) is 5.32 Å². The minimum Gasteiger partial charge on any atom is -0.496 e. The molecule has 0 heterocycles. The van der Waals surface area contributed by atoms with Gasteiger partial charge in [-0.3, -0.25) is 4.79 Å². The monoisotopic (exact) mass is 420 g/mol. The molecule has 0 saturated heterocycles. The third-order valence-corrected chi connectivity index (χ3v) is 6.14. The molecule has 158 valence electrons. The van der Waals surface area contributed by atoms with E-state index in [4.69, 9.17) is 9.47 Å². The van der Waals surface area contributed by atoms with Crippen LogP contribution in [0.3, 0.4) is 0 Å². The lowest BCUT2D eigenvalue weighted by atomic mass is 10.2. The van der Waals surface area contributed by atoms with Gasteiger partial charge < -0.3 is 14.8 Å². The highest BCUT2D eigenvalue weighted by Gasteiger charge is 2.28. The van der Waals surface area contributed by atoms with E-state index in [9.17, 15) is 13.2 Å². The molecule has 7 nitrogen and oxygen atoms in total. The summed E-state index contributed by atoms with van der Waals surface area (Å²) < 4.78 is 38.0. The Balaban J connectivity index is 2.32. The van der Waals surface area contributed by atoms with E-state index >= 15 is 0 Å². The minimum absolute atomic E-state index is 0.0837. The number of methoxy groups -OCH3 is 2. The molecule has 0 saturated carbocycles. The Morgan fingerprint density at radius 2 is 1.83 bits per heavy atom. The Labute approximate surface area is 172 Å². The summed E-state index contributed by atoms with van der Waals surface area (Å²) >= 11 is 0. The van der Waals surface area contributed by atoms with Crippen LogP contribution in [0.2, 0.25) is 0 Å². The lowest BCUT2D eigenvalue weighted by Gasteiger charge is -2.23. The lowest BCUT2D eigenvalue weighted by molar-refractivity contribution is -0.122. The van der Waals surface area contributed by atoms with Crippen LogP contribution in [0, 0.1) is 6.92 Å². The van der Waals surface area contributed by atoms with Gasteiger partial charge in [0.2, 0.25) is 15.9 Å². The number of carbonyl (C=O) groups excluding carboxylic acids is 1. The minimum atomic E-state index is -3.90. The first-order valence-electron chi connectivity index (χ1n) is 9.25. The number of hydrogen-bond acceptors (Lipinski definition) is 5. The average molecular weight is 421 g/mol. The van der Waals surface area contributed by atoms with Gasteiger partial charge in [-0.2, -0.15) is 4.31 Å². The summed E-state index contributed by atoms with van der Waals surface area (Å²) in [6.45, 7) is 3.70. The quantitative estimate of drug-likeness (QED) is 0.638. The average Bonchev–Trinajstić information content (AvgIpc) is 2.68. The SMILES string of the molecule is COC[C@@H](C)NC(=O)CN(Cc1ccccc1)S(=O)(=O)c1ccc(OC)c(C)c1. The number of aryl methyl sites for hydroxylation is 1. The largest absolute Gasteiger partial charge is 0.496 e. The first-order valence-corrected chi connectivity index (χ1v) is 10.7. The Hall–Kier alpha value is -2.42. The molecule has 1 N–H and O–H groups in total. The summed E-state index contributed by atoms with van der Waals surface area (Å²) in [5, 5.41) is 2.76. The molecular weight excluding hydrogens is 392 g/mol. The van der Waals surface area contributed by atoms with Crippen LogP contribution in [-0.2, 0) is 26.1 Å². The molecule has 1 amide bonds. The fourth-order valence-electron chi connectivity index (χ4n) is 2.95. The number of benzene rings is 2. The molecule has 0 spiro atoms. The Bertz CT molecular complexity index is 916. The molecule has 2 aromatic rings. The van der Waals surface area contributed by atoms with Crippen molar-refractivity contribution < 1.29 is 22.7 Å². The highest BCUT2D eigenvalue weighted by molar-refractivity contribution is 7.89. The lowest BCUT2D eigenvalue weighted by Crippen LogP contribution is -2.44. The maximum atomic E-state index is 13.3. The van der Waals surface area contributed by atoms with Gasteiger partial charge in [-0.1, -0.05) is 30.3 Å². The number of sulfonamides is 1. The highest BCUT2D eigenvalue weighted by atomic mass is 32.2. The molecule has 2 aromatic carbocycles. The van der Waals surface area contributed by atoms with Crippen molar-refractivity contribution in [2.24, 2.45) is 0 Å². The van der Waals surface area contributed by atoms with Crippen LogP contribution in [0.15, 0.2) is 53.4 Å². The predicted octanol–water partition coefficient (Wildman–Crippen LogP) is 2.35. The Morgan fingerprint density at radius 1 is 1.14 bits per heavy atom. The van der Waals surface area contributed by atoms with Crippen molar-refractivity contribution in [3.05, 3.63) is 59.7 Å². The van der Waals surface area contributed by atoms with Gasteiger partial charge in [-0.15, -0.1) is 0 Å². The Morgan fingerprint density at radius 3 is 2.41 bits per heavy atom. The van der Waals surface area contributed by atoms with Crippen LogP contribution < -0.4 is 10.1 Å². The van der Waals surface area contributed by atoms with Gasteiger partial charge in [0.25, 0.3) is 0 Å². The number of hydrogen-bond donors (Lipinski definition) is 1. The summed E-state index contributed by atoms with van der Waals surface area (Å²) in [5.41, 5.74) is 1.49. The van der Waals surface area contributed by atoms with Crippen molar-refractivity contribution in [1.29, 1.82) is 0 Å². The topological polar surface area (TPSA) is 84.9 Å². The smallest absolute Gasteiger partial charge is 0.243 e. The van der Waals surface area contributed by atoms with Gasteiger partial charge in [0.05, 0.1) is 25.2 Å². The zero-order chi connectivity index (χ0) is 21.4. The Kier molecular flexibility index (Phi) is 8.19. The predicted molar refractivity (Wildman–Crippen MR) is 111 cm³/mol. The maximum absolute atomic E-state index is 13.3. The third-order valence-electron chi connectivity index (χ3n) is 4.35. The van der Waals surface area contributed by atoms with E-state index < -0.39 is 10.0 Å². The molecule has 0 aromatic heterocycles. The van der Waals surface area contributed by atoms with Gasteiger partial charge in [-0.25, -0.2) is 8.42 Å². The number of amides is 1. The van der Waals surface area contributed by atoms with Crippen molar-refractivity contribution in [2.75, 3.05) is 27.4 Å². The van der Waals surface area contributed by atoms with Crippen LogP contribution in [0.5, 0.6) is 5.75 Å². The van der Waals surface area contributed by atoms with Crippen molar-refractivity contribution in [2.45, 2.75) is 31.3 Å². The van der Waals surface area contributed by atoms with E-state index in [1.165, 1.54) is 17.5 Å². The van der Waals surface area contributed by atoms with E-state index in [1.54, 1.807) is 33.1 Å². The summed E-state index contributed by atoms with van der Waals surface area (Å²) in [6, 6.07) is 13.6. The number of nitrogens with one attached hydrogen (secondary N) is 1. The molecule has 2 rings (SSSR count). The summed E-state index contributed by atoms with van der Waals surface area (Å²) in [4.78, 5) is 12.6. The molecule has 0 fully saturated rings. The number of carbonyl (C=O) groups is 1. The zero-order valence-electron chi connectivity index (χ0n) is 17.2. The molecule has 29 heavy (non-hydrogen) atoms. The van der Waals surface area contributed by atoms with Crippen molar-refractivity contribution in [3.8, 4) is 5.75 Å². The summed E-state index contributed by atoms with van der Waals surface area (Å²) in [5.74, 6) is 0.212. The van der Waals surface area contributed by atoms with Gasteiger partial charge in [0.15, 0.2) is 0 Å². The maximum Gasteiger partial charge on any atom is 0.243 e. The molecule has 0 aliphatic heterocycles. The van der Waals surface area contributed by atoms with Crippen LogP contribution in [0.1, 0.15) is 18.1 Å². The van der Waals surface area contributed by atoms with Gasteiger partial charge >= 0.3 is 0 Å². The molecule has 0 radical (unpaired) electrons. The van der Waals surface area contributed by atoms with E-state index in [0.29, 0.717) is 17.9 Å². The second kappa shape index (κ2) is 10.4. The number of ether oxygens (including phenoxy) is 2. The first kappa shape index (κ1) is 22.9. The van der Waals surface area contributed by atoms with Gasteiger partial charge in [0.1, 0.15) is 5.75 Å². The molecule has 0 bridgehead atoms. The van der Waals surface area contributed by atoms with E-state index in [0.717, 1.165) is 5.56 Å². The molecule has 8 heteroatoms. The van der Waals surface area contributed by atoms with E-state index in [1.807, 2.05) is 30.3 Å². The molecule has 0 aliphatic carbocycles. The second-order valence-electron chi connectivity index (χ2n) is 6.81. The van der Waals surface area contributed by atoms with Crippen LogP contribution >= 0.6 is 0 Å². The zero-order valence-corrected chi connectivity index (χ0v) is 18.0. The normalized spacial score (nSPS) is 12.6. The van der Waals surface area contributed by atoms with Crippen LogP contribution in [-0.4, -0.2) is 52.0 Å². The highest BCUT2D eigenvalue weighted by Crippen LogP contribution is 2.24. The van der Waals surface area contributed by atoms with Gasteiger partial charge in [0, 0.05) is 19.7 Å². The fourth-order valence-corrected chi connectivity index (χ4v) is 4.42. The molecular formula is C21H28N2O5S. The number of nitrogens with zero attached hydrogens (tertiary/aromatic N) is 1. The van der Waals surface area contributed by atoms with Crippen molar-refractivity contribution in [3.63, 3.8) is 0 Å². The standard InChI is InChI=1S/C21H28N2O5S/c1-16-12-19(10-11-20(16)28-4)29(25,26)23(13-18-8-6-5-7-9-18)14-21(24)22-17(2)15-27-3/h5-12,17H,13-15H2,1-4H3,(H,22,24)/t17-/m1/s1. The summed E-state index contributed by atoms with van der Waals surface area (Å²) in [7, 11) is -0.830.